The molecule has 0 heterocycles. The maximum Gasteiger partial charge on any atom is 0.126 e. The minimum absolute atomic E-state index is 0.0383. The van der Waals surface area contributed by atoms with Crippen LogP contribution in [0.25, 0.3) is 0 Å². The lowest BCUT2D eigenvalue weighted by atomic mass is 10.1. The van der Waals surface area contributed by atoms with Crippen LogP contribution >= 0.6 is 15.9 Å². The predicted octanol–water partition coefficient (Wildman–Crippen LogP) is 2.72. The first kappa shape index (κ1) is 16.0. The van der Waals surface area contributed by atoms with Gasteiger partial charge in [-0.3, -0.25) is 5.41 Å². The van der Waals surface area contributed by atoms with Crippen LogP contribution in [0.3, 0.4) is 0 Å². The van der Waals surface area contributed by atoms with Gasteiger partial charge in [0.15, 0.2) is 0 Å². The van der Waals surface area contributed by atoms with Gasteiger partial charge in [-0.05, 0) is 40.9 Å². The number of rotatable bonds is 7. The molecular formula is C14H22BrN3O. The molecule has 1 aromatic carbocycles. The largest absolute Gasteiger partial charge is 0.395 e. The van der Waals surface area contributed by atoms with E-state index >= 15 is 0 Å². The number of hydrogen-bond donors (Lipinski definition) is 3. The molecule has 4 N–H and O–H groups in total. The Kier molecular flexibility index (Phi) is 6.31. The molecule has 0 spiro atoms. The molecule has 0 saturated carbocycles. The van der Waals surface area contributed by atoms with Crippen molar-refractivity contribution in [3.8, 4) is 0 Å². The Labute approximate surface area is 123 Å². The van der Waals surface area contributed by atoms with Crippen LogP contribution in [0.4, 0.5) is 5.69 Å². The molecule has 0 atom stereocenters. The van der Waals surface area contributed by atoms with Crippen molar-refractivity contribution in [1.29, 1.82) is 5.41 Å². The Morgan fingerprint density at radius 2 is 2.05 bits per heavy atom. The Balaban J connectivity index is 3.29. The Morgan fingerprint density at radius 3 is 2.53 bits per heavy atom. The maximum atomic E-state index is 9.30. The number of benzene rings is 1. The number of nitrogens with two attached hydrogens (primary N) is 1. The van der Waals surface area contributed by atoms with E-state index in [9.17, 15) is 5.11 Å². The first-order valence-corrected chi connectivity index (χ1v) is 7.36. The molecule has 0 aliphatic rings. The topological polar surface area (TPSA) is 73.3 Å². The number of hydrogen-bond acceptors (Lipinski definition) is 3. The molecule has 0 bridgehead atoms. The molecule has 0 saturated heterocycles. The van der Waals surface area contributed by atoms with Crippen molar-refractivity contribution in [1.82, 2.24) is 0 Å². The number of halogens is 1. The zero-order valence-electron chi connectivity index (χ0n) is 11.5. The molecule has 1 aromatic rings. The van der Waals surface area contributed by atoms with E-state index in [2.05, 4.69) is 34.7 Å². The van der Waals surface area contributed by atoms with E-state index in [1.54, 1.807) is 0 Å². The summed E-state index contributed by atoms with van der Waals surface area (Å²) in [5.74, 6) is 0.0383. The van der Waals surface area contributed by atoms with E-state index in [4.69, 9.17) is 11.1 Å². The van der Waals surface area contributed by atoms with E-state index in [0.717, 1.165) is 23.0 Å². The Hall–Kier alpha value is -1.07. The second-order valence-electron chi connectivity index (χ2n) is 4.43. The highest BCUT2D eigenvalue weighted by molar-refractivity contribution is 9.10. The van der Waals surface area contributed by atoms with E-state index in [1.165, 1.54) is 0 Å². The van der Waals surface area contributed by atoms with Crippen LogP contribution < -0.4 is 10.6 Å². The third kappa shape index (κ3) is 3.70. The molecule has 1 rings (SSSR count). The van der Waals surface area contributed by atoms with Gasteiger partial charge in [0, 0.05) is 22.7 Å². The van der Waals surface area contributed by atoms with Crippen LogP contribution in [-0.4, -0.2) is 30.1 Å². The molecule has 0 amide bonds. The molecule has 0 fully saturated rings. The SMILES string of the molecule is CCC(CC)N(CCO)c1cccc(Br)c1C(=N)N. The van der Waals surface area contributed by atoms with Gasteiger partial charge in [-0.1, -0.05) is 19.9 Å². The molecule has 106 valence electrons. The van der Waals surface area contributed by atoms with Gasteiger partial charge in [-0.25, -0.2) is 0 Å². The summed E-state index contributed by atoms with van der Waals surface area (Å²) in [6.07, 6.45) is 1.97. The quantitative estimate of drug-likeness (QED) is 0.532. The van der Waals surface area contributed by atoms with E-state index in [0.29, 0.717) is 18.2 Å². The number of nitrogens with one attached hydrogen (secondary N) is 1. The van der Waals surface area contributed by atoms with Crippen LogP contribution in [0.2, 0.25) is 0 Å². The second kappa shape index (κ2) is 7.50. The Bertz CT molecular complexity index is 433. The summed E-state index contributed by atoms with van der Waals surface area (Å²) >= 11 is 3.45. The minimum atomic E-state index is 0.0383. The molecule has 19 heavy (non-hydrogen) atoms. The van der Waals surface area contributed by atoms with Crippen molar-refractivity contribution in [2.24, 2.45) is 5.73 Å². The van der Waals surface area contributed by atoms with Crippen molar-refractivity contribution in [2.75, 3.05) is 18.1 Å². The van der Waals surface area contributed by atoms with Crippen molar-refractivity contribution in [3.63, 3.8) is 0 Å². The highest BCUT2D eigenvalue weighted by Gasteiger charge is 2.20. The highest BCUT2D eigenvalue weighted by Crippen LogP contribution is 2.30. The molecule has 0 unspecified atom stereocenters. The van der Waals surface area contributed by atoms with Crippen LogP contribution in [0.15, 0.2) is 22.7 Å². The lowest BCUT2D eigenvalue weighted by Gasteiger charge is -2.33. The number of nitrogen functional groups attached to an aromatic ring is 1. The summed E-state index contributed by atoms with van der Waals surface area (Å²) in [6.45, 7) is 4.89. The minimum Gasteiger partial charge on any atom is -0.395 e. The fraction of sp³-hybridized carbons (Fsp3) is 0.500. The van der Waals surface area contributed by atoms with E-state index in [-0.39, 0.29) is 12.4 Å². The molecule has 4 nitrogen and oxygen atoms in total. The van der Waals surface area contributed by atoms with Gasteiger partial charge >= 0.3 is 0 Å². The molecular weight excluding hydrogens is 306 g/mol. The number of amidine groups is 1. The second-order valence-corrected chi connectivity index (χ2v) is 5.29. The number of aliphatic hydroxyl groups excluding tert-OH is 1. The third-order valence-electron chi connectivity index (χ3n) is 3.29. The first-order chi connectivity index (χ1) is 9.06. The van der Waals surface area contributed by atoms with E-state index < -0.39 is 0 Å². The highest BCUT2D eigenvalue weighted by atomic mass is 79.9. The molecule has 0 aliphatic heterocycles. The fourth-order valence-electron chi connectivity index (χ4n) is 2.36. The lowest BCUT2D eigenvalue weighted by Crippen LogP contribution is -2.38. The van der Waals surface area contributed by atoms with Gasteiger partial charge < -0.3 is 15.7 Å². The molecule has 0 aromatic heterocycles. The number of nitrogens with zero attached hydrogens (tertiary/aromatic N) is 1. The van der Waals surface area contributed by atoms with Crippen molar-refractivity contribution < 1.29 is 5.11 Å². The molecule has 0 aliphatic carbocycles. The average Bonchev–Trinajstić information content (AvgIpc) is 2.38. The van der Waals surface area contributed by atoms with Crippen molar-refractivity contribution in [3.05, 3.63) is 28.2 Å². The van der Waals surface area contributed by atoms with Gasteiger partial charge in [0.05, 0.1) is 12.2 Å². The van der Waals surface area contributed by atoms with Crippen LogP contribution in [0.5, 0.6) is 0 Å². The van der Waals surface area contributed by atoms with Gasteiger partial charge in [-0.2, -0.15) is 0 Å². The lowest BCUT2D eigenvalue weighted by molar-refractivity contribution is 0.296. The normalized spacial score (nSPS) is 10.8. The van der Waals surface area contributed by atoms with E-state index in [1.807, 2.05) is 18.2 Å². The summed E-state index contributed by atoms with van der Waals surface area (Å²) in [4.78, 5) is 2.14. The smallest absolute Gasteiger partial charge is 0.126 e. The van der Waals surface area contributed by atoms with Gasteiger partial charge in [0.1, 0.15) is 5.84 Å². The summed E-state index contributed by atoms with van der Waals surface area (Å²) in [5, 5.41) is 17.1. The fourth-order valence-corrected chi connectivity index (χ4v) is 2.92. The summed E-state index contributed by atoms with van der Waals surface area (Å²) in [5.41, 5.74) is 7.30. The average molecular weight is 328 g/mol. The standard InChI is InChI=1S/C14H22BrN3O/c1-3-10(4-2)18(8-9-19)12-7-5-6-11(15)13(12)14(16)17/h5-7,10,19H,3-4,8-9H2,1-2H3,(H3,16,17). The third-order valence-corrected chi connectivity index (χ3v) is 3.96. The van der Waals surface area contributed by atoms with Crippen molar-refractivity contribution >= 4 is 27.5 Å². The van der Waals surface area contributed by atoms with Crippen molar-refractivity contribution in [2.45, 2.75) is 32.7 Å². The molecule has 0 radical (unpaired) electrons. The van der Waals surface area contributed by atoms with Crippen LogP contribution in [0.1, 0.15) is 32.3 Å². The van der Waals surface area contributed by atoms with Gasteiger partial charge in [0.2, 0.25) is 0 Å². The zero-order valence-corrected chi connectivity index (χ0v) is 13.1. The summed E-state index contributed by atoms with van der Waals surface area (Å²) < 4.78 is 0.811. The predicted molar refractivity (Wildman–Crippen MR) is 84.0 cm³/mol. The first-order valence-electron chi connectivity index (χ1n) is 6.57. The van der Waals surface area contributed by atoms with Crippen LogP contribution in [0, 0.1) is 5.41 Å². The Morgan fingerprint density at radius 1 is 1.42 bits per heavy atom. The number of aliphatic hydroxyl groups is 1. The van der Waals surface area contributed by atoms with Gasteiger partial charge in [0.25, 0.3) is 0 Å². The number of anilines is 1. The monoisotopic (exact) mass is 327 g/mol. The van der Waals surface area contributed by atoms with Crippen LogP contribution in [-0.2, 0) is 0 Å². The maximum absolute atomic E-state index is 9.30. The van der Waals surface area contributed by atoms with Gasteiger partial charge in [-0.15, -0.1) is 0 Å². The summed E-state index contributed by atoms with van der Waals surface area (Å²) in [6, 6.07) is 6.10. The molecule has 5 heteroatoms. The summed E-state index contributed by atoms with van der Waals surface area (Å²) in [7, 11) is 0. The zero-order chi connectivity index (χ0) is 14.4.